The van der Waals surface area contributed by atoms with Gasteiger partial charge < -0.3 is 10.7 Å². The minimum absolute atomic E-state index is 0.296. The van der Waals surface area contributed by atoms with E-state index in [0.717, 1.165) is 35.7 Å². The summed E-state index contributed by atoms with van der Waals surface area (Å²) in [4.78, 5) is 3.20. The Morgan fingerprint density at radius 1 is 1.12 bits per heavy atom. The number of benzene rings is 2. The summed E-state index contributed by atoms with van der Waals surface area (Å²) in [6.07, 6.45) is 1.95. The van der Waals surface area contributed by atoms with Crippen LogP contribution in [0.3, 0.4) is 0 Å². The first-order valence-electron chi connectivity index (χ1n) is 8.34. The normalized spacial score (nSPS) is 20.3. The van der Waals surface area contributed by atoms with Crippen molar-refractivity contribution in [2.75, 3.05) is 6.54 Å². The Morgan fingerprint density at radius 3 is 2.50 bits per heavy atom. The molecule has 1 aliphatic carbocycles. The second-order valence-corrected chi connectivity index (χ2v) is 6.86. The number of fused-ring (bicyclic) bond motifs is 1. The van der Waals surface area contributed by atoms with Crippen LogP contribution in [-0.4, -0.2) is 11.5 Å². The van der Waals surface area contributed by atoms with E-state index in [-0.39, 0.29) is 0 Å². The molecule has 1 aliphatic rings. The zero-order chi connectivity index (χ0) is 16.8. The largest absolute Gasteiger partial charge is 0.352 e. The maximum atomic E-state index is 14.3. The second kappa shape index (κ2) is 5.71. The predicted molar refractivity (Wildman–Crippen MR) is 92.9 cm³/mol. The molecule has 0 atom stereocenters. The lowest BCUT2D eigenvalue weighted by molar-refractivity contribution is 0.274. The first kappa shape index (κ1) is 15.3. The van der Waals surface area contributed by atoms with Crippen molar-refractivity contribution in [1.29, 1.82) is 0 Å². The van der Waals surface area contributed by atoms with E-state index in [9.17, 15) is 8.78 Å². The van der Waals surface area contributed by atoms with Crippen molar-refractivity contribution in [2.24, 2.45) is 11.7 Å². The van der Waals surface area contributed by atoms with Gasteiger partial charge in [-0.2, -0.15) is 0 Å². The van der Waals surface area contributed by atoms with Crippen molar-refractivity contribution in [3.8, 4) is 11.3 Å². The maximum Gasteiger partial charge on any atom is 0.150 e. The highest BCUT2D eigenvalue weighted by Gasteiger charge is 2.33. The summed E-state index contributed by atoms with van der Waals surface area (Å²) >= 11 is 0. The van der Waals surface area contributed by atoms with Gasteiger partial charge in [0, 0.05) is 11.5 Å². The Balaban J connectivity index is 1.91. The van der Waals surface area contributed by atoms with Crippen LogP contribution < -0.4 is 5.73 Å². The number of H-pyrrole nitrogens is 1. The third-order valence-electron chi connectivity index (χ3n) is 5.18. The van der Waals surface area contributed by atoms with Crippen LogP contribution >= 0.6 is 0 Å². The lowest BCUT2D eigenvalue weighted by Gasteiger charge is -2.35. The van der Waals surface area contributed by atoms with Crippen LogP contribution in [0.2, 0.25) is 0 Å². The molecular weight excluding hydrogens is 306 g/mol. The van der Waals surface area contributed by atoms with Gasteiger partial charge in [-0.1, -0.05) is 29.8 Å². The minimum atomic E-state index is -0.542. The molecule has 1 heterocycles. The molecule has 2 nitrogen and oxygen atoms in total. The fourth-order valence-electron chi connectivity index (χ4n) is 3.78. The van der Waals surface area contributed by atoms with Crippen LogP contribution in [0.25, 0.3) is 22.2 Å². The molecule has 0 bridgehead atoms. The van der Waals surface area contributed by atoms with E-state index in [2.05, 4.69) is 4.98 Å². The molecule has 1 fully saturated rings. The Labute approximate surface area is 139 Å². The summed E-state index contributed by atoms with van der Waals surface area (Å²) < 4.78 is 28.1. The van der Waals surface area contributed by atoms with E-state index in [1.807, 2.05) is 31.2 Å². The molecule has 124 valence electrons. The molecule has 3 N–H and O–H groups in total. The molecule has 0 radical (unpaired) electrons. The standard InChI is InChI=1S/C20H20F2N2/c1-11-2-4-13(5-3-11)19-18(14-6-12(7-14)10-23)16-8-15(21)9-17(22)20(16)24-19/h2-5,8-9,12,14,24H,6-7,10,23H2,1H3. The SMILES string of the molecule is Cc1ccc(-c2[nH]c3c(F)cc(F)cc3c2C2CC(CN)C2)cc1. The summed E-state index contributed by atoms with van der Waals surface area (Å²) in [7, 11) is 0. The highest BCUT2D eigenvalue weighted by molar-refractivity contribution is 5.92. The highest BCUT2D eigenvalue weighted by atomic mass is 19.1. The van der Waals surface area contributed by atoms with Gasteiger partial charge >= 0.3 is 0 Å². The molecule has 1 aromatic heterocycles. The quantitative estimate of drug-likeness (QED) is 0.708. The van der Waals surface area contributed by atoms with Crippen LogP contribution in [-0.2, 0) is 0 Å². The number of nitrogens with one attached hydrogen (secondary N) is 1. The van der Waals surface area contributed by atoms with Crippen molar-refractivity contribution in [1.82, 2.24) is 4.98 Å². The van der Waals surface area contributed by atoms with Crippen LogP contribution in [0.4, 0.5) is 8.78 Å². The molecule has 0 saturated heterocycles. The number of halogens is 2. The summed E-state index contributed by atoms with van der Waals surface area (Å²) in [5, 5.41) is 0.656. The molecule has 3 aromatic rings. The van der Waals surface area contributed by atoms with E-state index < -0.39 is 11.6 Å². The van der Waals surface area contributed by atoms with Gasteiger partial charge in [-0.25, -0.2) is 8.78 Å². The molecule has 0 unspecified atom stereocenters. The molecule has 0 aliphatic heterocycles. The lowest BCUT2D eigenvalue weighted by Crippen LogP contribution is -2.28. The Kier molecular flexibility index (Phi) is 3.65. The van der Waals surface area contributed by atoms with Crippen LogP contribution in [0.15, 0.2) is 36.4 Å². The van der Waals surface area contributed by atoms with Gasteiger partial charge in [-0.15, -0.1) is 0 Å². The van der Waals surface area contributed by atoms with Crippen LogP contribution in [0.1, 0.15) is 29.9 Å². The second-order valence-electron chi connectivity index (χ2n) is 6.86. The average molecular weight is 326 g/mol. The summed E-state index contributed by atoms with van der Waals surface area (Å²) in [6, 6.07) is 10.5. The monoisotopic (exact) mass is 326 g/mol. The zero-order valence-corrected chi connectivity index (χ0v) is 13.6. The van der Waals surface area contributed by atoms with E-state index in [1.54, 1.807) is 0 Å². The molecule has 0 spiro atoms. The summed E-state index contributed by atoms with van der Waals surface area (Å²) in [5.74, 6) is -0.279. The van der Waals surface area contributed by atoms with Crippen LogP contribution in [0.5, 0.6) is 0 Å². The molecule has 1 saturated carbocycles. The number of nitrogens with two attached hydrogens (primary N) is 1. The van der Waals surface area contributed by atoms with E-state index in [1.165, 1.54) is 11.6 Å². The van der Waals surface area contributed by atoms with Gasteiger partial charge in [0.05, 0.1) is 11.2 Å². The third-order valence-corrected chi connectivity index (χ3v) is 5.18. The van der Waals surface area contributed by atoms with Gasteiger partial charge in [0.1, 0.15) is 11.6 Å². The lowest BCUT2D eigenvalue weighted by atomic mass is 9.70. The number of hydrogen-bond donors (Lipinski definition) is 2. The van der Waals surface area contributed by atoms with E-state index >= 15 is 0 Å². The van der Waals surface area contributed by atoms with Gasteiger partial charge in [0.25, 0.3) is 0 Å². The molecular formula is C20H20F2N2. The molecule has 2 aromatic carbocycles. The third kappa shape index (κ3) is 2.42. The highest BCUT2D eigenvalue weighted by Crippen LogP contribution is 2.47. The van der Waals surface area contributed by atoms with Gasteiger partial charge in [0.2, 0.25) is 0 Å². The first-order valence-corrected chi connectivity index (χ1v) is 8.34. The Morgan fingerprint density at radius 2 is 1.83 bits per heavy atom. The average Bonchev–Trinajstić information content (AvgIpc) is 2.87. The van der Waals surface area contributed by atoms with E-state index in [0.29, 0.717) is 29.3 Å². The minimum Gasteiger partial charge on any atom is -0.352 e. The van der Waals surface area contributed by atoms with Crippen molar-refractivity contribution in [3.05, 3.63) is 59.2 Å². The number of aromatic amines is 1. The summed E-state index contributed by atoms with van der Waals surface area (Å²) in [6.45, 7) is 2.70. The van der Waals surface area contributed by atoms with Crippen LogP contribution in [0, 0.1) is 24.5 Å². The number of hydrogen-bond acceptors (Lipinski definition) is 1. The van der Waals surface area contributed by atoms with Crippen molar-refractivity contribution in [3.63, 3.8) is 0 Å². The Bertz CT molecular complexity index is 890. The molecule has 4 rings (SSSR count). The fourth-order valence-corrected chi connectivity index (χ4v) is 3.78. The topological polar surface area (TPSA) is 41.8 Å². The van der Waals surface area contributed by atoms with E-state index in [4.69, 9.17) is 5.73 Å². The first-order chi connectivity index (χ1) is 11.6. The summed E-state index contributed by atoms with van der Waals surface area (Å²) in [5.41, 5.74) is 10.2. The number of rotatable bonds is 3. The smallest absolute Gasteiger partial charge is 0.150 e. The van der Waals surface area contributed by atoms with Gasteiger partial charge in [0.15, 0.2) is 0 Å². The predicted octanol–water partition coefficient (Wildman–Crippen LogP) is 4.87. The van der Waals surface area contributed by atoms with Crippen molar-refractivity contribution < 1.29 is 8.78 Å². The zero-order valence-electron chi connectivity index (χ0n) is 13.6. The van der Waals surface area contributed by atoms with Gasteiger partial charge in [-0.3, -0.25) is 0 Å². The van der Waals surface area contributed by atoms with Gasteiger partial charge in [-0.05, 0) is 55.3 Å². The maximum absolute atomic E-state index is 14.3. The Hall–Kier alpha value is -2.20. The molecule has 24 heavy (non-hydrogen) atoms. The van der Waals surface area contributed by atoms with Crippen molar-refractivity contribution in [2.45, 2.75) is 25.7 Å². The number of aromatic nitrogens is 1. The van der Waals surface area contributed by atoms with Crippen molar-refractivity contribution >= 4 is 10.9 Å². The molecule has 4 heteroatoms. The fraction of sp³-hybridized carbons (Fsp3) is 0.300. The molecule has 0 amide bonds. The number of aryl methyl sites for hydroxylation is 1.